The predicted octanol–water partition coefficient (Wildman–Crippen LogP) is 3.29. The highest BCUT2D eigenvalue weighted by Crippen LogP contribution is 2.39. The van der Waals surface area contributed by atoms with Crippen LogP contribution in [0, 0.1) is 23.7 Å². The van der Waals surface area contributed by atoms with Crippen LogP contribution in [0.2, 0.25) is 0 Å². The van der Waals surface area contributed by atoms with E-state index in [-0.39, 0.29) is 18.6 Å². The molecule has 1 aromatic heterocycles. The molecule has 0 fully saturated rings. The minimum Gasteiger partial charge on any atom is -0.452 e. The van der Waals surface area contributed by atoms with Gasteiger partial charge in [-0.1, -0.05) is 44.9 Å². The van der Waals surface area contributed by atoms with Crippen molar-refractivity contribution in [3.05, 3.63) is 41.1 Å². The average molecular weight is 378 g/mol. The lowest BCUT2D eigenvalue weighted by molar-refractivity contribution is -0.123. The Balaban J connectivity index is 1.97. The van der Waals surface area contributed by atoms with Gasteiger partial charge in [-0.2, -0.15) is 0 Å². The van der Waals surface area contributed by atoms with Gasteiger partial charge in [0.15, 0.2) is 6.61 Å². The molecule has 28 heavy (non-hydrogen) atoms. The molecule has 0 saturated heterocycles. The molecule has 1 atom stereocenters. The van der Waals surface area contributed by atoms with E-state index in [1.807, 2.05) is 24.3 Å². The molecule has 2 aromatic rings. The highest BCUT2D eigenvalue weighted by atomic mass is 16.5. The van der Waals surface area contributed by atoms with Crippen LogP contribution in [0.5, 0.6) is 0 Å². The molecule has 5 nitrogen and oxygen atoms in total. The topological polar surface area (TPSA) is 68.3 Å². The summed E-state index contributed by atoms with van der Waals surface area (Å²) >= 11 is 0. The summed E-state index contributed by atoms with van der Waals surface area (Å²) < 4.78 is 5.33. The van der Waals surface area contributed by atoms with Crippen LogP contribution in [0.1, 0.15) is 48.8 Å². The van der Waals surface area contributed by atoms with Crippen molar-refractivity contribution >= 4 is 22.8 Å². The van der Waals surface area contributed by atoms with Crippen LogP contribution in [-0.4, -0.2) is 30.0 Å². The lowest BCUT2D eigenvalue weighted by atomic mass is 9.70. The highest BCUT2D eigenvalue weighted by Gasteiger charge is 2.33. The predicted molar refractivity (Wildman–Crippen MR) is 109 cm³/mol. The van der Waals surface area contributed by atoms with Gasteiger partial charge in [-0.3, -0.25) is 9.78 Å². The summed E-state index contributed by atoms with van der Waals surface area (Å²) in [5.41, 5.74) is 3.37. The SMILES string of the molecule is C#CCNC(=O)COC(=O)c1c2c(nc3ccccc13)CC[C@@H](C(C)(C)C)C2. The van der Waals surface area contributed by atoms with E-state index in [0.29, 0.717) is 11.5 Å². The number of benzene rings is 1. The van der Waals surface area contributed by atoms with Crippen LogP contribution in [0.3, 0.4) is 0 Å². The number of hydrogen-bond acceptors (Lipinski definition) is 4. The maximum absolute atomic E-state index is 13.0. The lowest BCUT2D eigenvalue weighted by Gasteiger charge is -2.35. The summed E-state index contributed by atoms with van der Waals surface area (Å²) in [6.07, 6.45) is 7.80. The number of hydrogen-bond donors (Lipinski definition) is 1. The molecule has 1 heterocycles. The number of carbonyl (C=O) groups excluding carboxylic acids is 2. The summed E-state index contributed by atoms with van der Waals surface area (Å²) in [6, 6.07) is 7.59. The summed E-state index contributed by atoms with van der Waals surface area (Å²) in [5.74, 6) is 1.88. The van der Waals surface area contributed by atoms with Gasteiger partial charge in [0, 0.05) is 11.1 Å². The van der Waals surface area contributed by atoms with Crippen LogP contribution in [0.4, 0.5) is 0 Å². The van der Waals surface area contributed by atoms with Gasteiger partial charge in [0.25, 0.3) is 5.91 Å². The first-order valence-electron chi connectivity index (χ1n) is 9.59. The van der Waals surface area contributed by atoms with Crippen molar-refractivity contribution in [2.24, 2.45) is 11.3 Å². The summed E-state index contributed by atoms with van der Waals surface area (Å²) in [6.45, 7) is 6.44. The fourth-order valence-electron chi connectivity index (χ4n) is 3.76. The zero-order valence-electron chi connectivity index (χ0n) is 16.7. The Morgan fingerprint density at radius 2 is 2.07 bits per heavy atom. The third kappa shape index (κ3) is 4.17. The maximum atomic E-state index is 13.0. The Kier molecular flexibility index (Phi) is 5.69. The number of ether oxygens (including phenoxy) is 1. The lowest BCUT2D eigenvalue weighted by Crippen LogP contribution is -2.31. The molecule has 0 spiro atoms. The van der Waals surface area contributed by atoms with Gasteiger partial charge in [0.2, 0.25) is 0 Å². The number of pyridine rings is 1. The molecule has 1 aromatic carbocycles. The first-order chi connectivity index (χ1) is 13.3. The van der Waals surface area contributed by atoms with Crippen molar-refractivity contribution < 1.29 is 14.3 Å². The molecule has 0 unspecified atom stereocenters. The molecule has 1 N–H and O–H groups in total. The van der Waals surface area contributed by atoms with Crippen LogP contribution in [0.25, 0.3) is 10.9 Å². The summed E-state index contributed by atoms with van der Waals surface area (Å²) in [5, 5.41) is 3.27. The molecule has 1 amide bonds. The molecule has 3 rings (SSSR count). The number of aromatic nitrogens is 1. The number of rotatable bonds is 4. The fraction of sp³-hybridized carbons (Fsp3) is 0.435. The van der Waals surface area contributed by atoms with E-state index >= 15 is 0 Å². The fourth-order valence-corrected chi connectivity index (χ4v) is 3.76. The van der Waals surface area contributed by atoms with E-state index in [0.717, 1.165) is 41.4 Å². The van der Waals surface area contributed by atoms with E-state index < -0.39 is 11.9 Å². The van der Waals surface area contributed by atoms with E-state index in [9.17, 15) is 9.59 Å². The zero-order chi connectivity index (χ0) is 20.3. The van der Waals surface area contributed by atoms with E-state index in [4.69, 9.17) is 16.1 Å². The maximum Gasteiger partial charge on any atom is 0.339 e. The molecule has 146 valence electrons. The first-order valence-corrected chi connectivity index (χ1v) is 9.59. The molecular formula is C23H26N2O3. The van der Waals surface area contributed by atoms with Gasteiger partial charge < -0.3 is 10.1 Å². The number of aryl methyl sites for hydroxylation is 1. The number of amides is 1. The minimum atomic E-state index is -0.486. The number of para-hydroxylation sites is 1. The highest BCUT2D eigenvalue weighted by molar-refractivity contribution is 6.05. The molecule has 0 radical (unpaired) electrons. The Hall–Kier alpha value is -2.87. The molecule has 1 aliphatic carbocycles. The average Bonchev–Trinajstić information content (AvgIpc) is 2.67. The van der Waals surface area contributed by atoms with Crippen LogP contribution in [0.15, 0.2) is 24.3 Å². The van der Waals surface area contributed by atoms with Gasteiger partial charge in [-0.25, -0.2) is 4.79 Å². The smallest absolute Gasteiger partial charge is 0.339 e. The molecule has 0 bridgehead atoms. The summed E-state index contributed by atoms with van der Waals surface area (Å²) in [7, 11) is 0. The quantitative estimate of drug-likeness (QED) is 0.655. The van der Waals surface area contributed by atoms with Crippen molar-refractivity contribution in [3.8, 4) is 12.3 Å². The molecule has 0 aliphatic heterocycles. The minimum absolute atomic E-state index is 0.108. The van der Waals surface area contributed by atoms with Gasteiger partial charge >= 0.3 is 5.97 Å². The third-order valence-electron chi connectivity index (χ3n) is 5.41. The number of carbonyl (C=O) groups is 2. The van der Waals surface area contributed by atoms with Crippen LogP contribution in [-0.2, 0) is 22.4 Å². The Morgan fingerprint density at radius 1 is 1.32 bits per heavy atom. The Labute approximate surface area is 165 Å². The standard InChI is InChI=1S/C23H26N2O3/c1-5-12-24-20(26)14-28-22(27)21-16-8-6-7-9-18(16)25-19-11-10-15(13-17(19)21)23(2,3)4/h1,6-9,15H,10-14H2,2-4H3,(H,24,26)/t15-/m1/s1. The second kappa shape index (κ2) is 8.02. The van der Waals surface area contributed by atoms with Gasteiger partial charge in [-0.15, -0.1) is 6.42 Å². The second-order valence-electron chi connectivity index (χ2n) is 8.29. The van der Waals surface area contributed by atoms with Gasteiger partial charge in [-0.05, 0) is 42.2 Å². The normalized spacial score (nSPS) is 16.1. The third-order valence-corrected chi connectivity index (χ3v) is 5.41. The van der Waals surface area contributed by atoms with Crippen LogP contribution >= 0.6 is 0 Å². The Morgan fingerprint density at radius 3 is 2.79 bits per heavy atom. The van der Waals surface area contributed by atoms with Crippen LogP contribution < -0.4 is 5.32 Å². The van der Waals surface area contributed by atoms with Crippen molar-refractivity contribution in [1.29, 1.82) is 0 Å². The summed E-state index contributed by atoms with van der Waals surface area (Å²) in [4.78, 5) is 29.6. The number of nitrogens with zero attached hydrogens (tertiary/aromatic N) is 1. The van der Waals surface area contributed by atoms with Crippen molar-refractivity contribution in [1.82, 2.24) is 10.3 Å². The number of esters is 1. The number of fused-ring (bicyclic) bond motifs is 2. The van der Waals surface area contributed by atoms with Crippen molar-refractivity contribution in [3.63, 3.8) is 0 Å². The number of terminal acetylenes is 1. The van der Waals surface area contributed by atoms with Crippen molar-refractivity contribution in [2.45, 2.75) is 40.0 Å². The van der Waals surface area contributed by atoms with Crippen molar-refractivity contribution in [2.75, 3.05) is 13.2 Å². The molecular weight excluding hydrogens is 352 g/mol. The largest absolute Gasteiger partial charge is 0.452 e. The second-order valence-corrected chi connectivity index (χ2v) is 8.29. The van der Waals surface area contributed by atoms with Gasteiger partial charge in [0.05, 0.1) is 17.6 Å². The molecule has 5 heteroatoms. The van der Waals surface area contributed by atoms with Gasteiger partial charge in [0.1, 0.15) is 0 Å². The first kappa shape index (κ1) is 19.9. The van der Waals surface area contributed by atoms with E-state index in [1.165, 1.54) is 0 Å². The molecule has 1 aliphatic rings. The zero-order valence-corrected chi connectivity index (χ0v) is 16.7. The van der Waals surface area contributed by atoms with E-state index in [2.05, 4.69) is 32.0 Å². The monoisotopic (exact) mass is 378 g/mol. The number of nitrogens with one attached hydrogen (secondary N) is 1. The molecule has 0 saturated carbocycles. The Bertz CT molecular complexity index is 951. The van der Waals surface area contributed by atoms with E-state index in [1.54, 1.807) is 0 Å².